The molecule has 0 fully saturated rings. The first-order valence-corrected chi connectivity index (χ1v) is 7.05. The maximum Gasteiger partial charge on any atom is 0.274 e. The summed E-state index contributed by atoms with van der Waals surface area (Å²) in [7, 11) is 3.88. The van der Waals surface area contributed by atoms with Crippen molar-refractivity contribution < 1.29 is 9.90 Å². The summed E-state index contributed by atoms with van der Waals surface area (Å²) in [6.07, 6.45) is 2.34. The lowest BCUT2D eigenvalue weighted by Crippen LogP contribution is -2.33. The number of hydrogen-bond donors (Lipinski definition) is 2. The van der Waals surface area contributed by atoms with Crippen LogP contribution in [0.15, 0.2) is 23.1 Å². The summed E-state index contributed by atoms with van der Waals surface area (Å²) in [6, 6.07) is 3.40. The number of hydrogen-bond acceptors (Lipinski definition) is 5. The van der Waals surface area contributed by atoms with Crippen LogP contribution in [0.5, 0.6) is 5.88 Å². The Kier molecular flexibility index (Phi) is 4.77. The van der Waals surface area contributed by atoms with Gasteiger partial charge in [0.1, 0.15) is 5.65 Å². The summed E-state index contributed by atoms with van der Waals surface area (Å²) in [6.45, 7) is 3.08. The third kappa shape index (κ3) is 3.43. The van der Waals surface area contributed by atoms with Gasteiger partial charge in [-0.05, 0) is 45.6 Å². The van der Waals surface area contributed by atoms with E-state index in [1.54, 1.807) is 18.3 Å². The predicted octanol–water partition coefficient (Wildman–Crippen LogP) is 0.390. The Morgan fingerprint density at radius 3 is 2.82 bits per heavy atom. The summed E-state index contributed by atoms with van der Waals surface area (Å²) >= 11 is 0. The number of aryl methyl sites for hydroxylation is 1. The highest BCUT2D eigenvalue weighted by molar-refractivity contribution is 5.96. The lowest BCUT2D eigenvalue weighted by Gasteiger charge is -2.10. The minimum Gasteiger partial charge on any atom is -0.493 e. The number of nitrogens with one attached hydrogen (secondary N) is 1. The number of carbonyl (C=O) groups is 1. The van der Waals surface area contributed by atoms with Gasteiger partial charge in [-0.15, -0.1) is 0 Å². The zero-order valence-corrected chi connectivity index (χ0v) is 13.0. The molecule has 2 N–H and O–H groups in total. The SMILES string of the molecule is Cc1ccc2nc(O)c(C(=O)NCCCN(C)C)c(=O)n2c1. The van der Waals surface area contributed by atoms with Gasteiger partial charge in [-0.1, -0.05) is 6.07 Å². The summed E-state index contributed by atoms with van der Waals surface area (Å²) in [5, 5.41) is 12.5. The molecule has 0 atom stereocenters. The van der Waals surface area contributed by atoms with Crippen molar-refractivity contribution in [3.05, 3.63) is 39.8 Å². The van der Waals surface area contributed by atoms with Crippen molar-refractivity contribution in [1.82, 2.24) is 19.6 Å². The van der Waals surface area contributed by atoms with E-state index in [2.05, 4.69) is 10.3 Å². The van der Waals surface area contributed by atoms with Crippen molar-refractivity contribution in [3.8, 4) is 5.88 Å². The summed E-state index contributed by atoms with van der Waals surface area (Å²) in [5.74, 6) is -1.15. The monoisotopic (exact) mass is 304 g/mol. The highest BCUT2D eigenvalue weighted by Crippen LogP contribution is 2.11. The van der Waals surface area contributed by atoms with Crippen LogP contribution in [0.25, 0.3) is 5.65 Å². The Hall–Kier alpha value is -2.41. The van der Waals surface area contributed by atoms with E-state index in [9.17, 15) is 14.7 Å². The fraction of sp³-hybridized carbons (Fsp3) is 0.400. The average Bonchev–Trinajstić information content (AvgIpc) is 2.44. The minimum atomic E-state index is -0.607. The Labute approximate surface area is 128 Å². The fourth-order valence-corrected chi connectivity index (χ4v) is 2.12. The Morgan fingerprint density at radius 2 is 2.14 bits per heavy atom. The molecular weight excluding hydrogens is 284 g/mol. The average molecular weight is 304 g/mol. The van der Waals surface area contributed by atoms with Gasteiger partial charge < -0.3 is 15.3 Å². The van der Waals surface area contributed by atoms with Crippen molar-refractivity contribution in [3.63, 3.8) is 0 Å². The van der Waals surface area contributed by atoms with Gasteiger partial charge >= 0.3 is 0 Å². The summed E-state index contributed by atoms with van der Waals surface area (Å²) < 4.78 is 1.27. The molecule has 2 aromatic rings. The number of pyridine rings is 1. The molecule has 0 aromatic carbocycles. The van der Waals surface area contributed by atoms with Crippen LogP contribution in [0.2, 0.25) is 0 Å². The zero-order chi connectivity index (χ0) is 16.3. The normalized spacial score (nSPS) is 11.1. The van der Waals surface area contributed by atoms with E-state index in [4.69, 9.17) is 0 Å². The van der Waals surface area contributed by atoms with E-state index in [-0.39, 0.29) is 5.56 Å². The maximum atomic E-state index is 12.4. The third-order valence-corrected chi connectivity index (χ3v) is 3.25. The highest BCUT2D eigenvalue weighted by atomic mass is 16.3. The molecular formula is C15H20N4O3. The van der Waals surface area contributed by atoms with Crippen molar-refractivity contribution >= 4 is 11.6 Å². The van der Waals surface area contributed by atoms with Crippen LogP contribution in [0, 0.1) is 6.92 Å². The molecule has 22 heavy (non-hydrogen) atoms. The van der Waals surface area contributed by atoms with Gasteiger partial charge in [-0.2, -0.15) is 4.98 Å². The fourth-order valence-electron chi connectivity index (χ4n) is 2.12. The van der Waals surface area contributed by atoms with E-state index in [1.807, 2.05) is 25.9 Å². The van der Waals surface area contributed by atoms with Crippen molar-refractivity contribution in [2.75, 3.05) is 27.2 Å². The van der Waals surface area contributed by atoms with E-state index in [0.717, 1.165) is 18.5 Å². The second kappa shape index (κ2) is 6.57. The lowest BCUT2D eigenvalue weighted by molar-refractivity contribution is 0.0947. The number of nitrogens with zero attached hydrogens (tertiary/aromatic N) is 3. The first kappa shape index (κ1) is 16.0. The largest absolute Gasteiger partial charge is 0.493 e. The molecule has 0 radical (unpaired) electrons. The molecule has 2 aromatic heterocycles. The molecule has 7 heteroatoms. The quantitative estimate of drug-likeness (QED) is 0.780. The predicted molar refractivity (Wildman–Crippen MR) is 83.4 cm³/mol. The summed E-state index contributed by atoms with van der Waals surface area (Å²) in [4.78, 5) is 30.4. The minimum absolute atomic E-state index is 0.303. The number of amides is 1. The molecule has 2 rings (SSSR count). The van der Waals surface area contributed by atoms with Crippen LogP contribution in [0.1, 0.15) is 22.3 Å². The molecule has 0 spiro atoms. The maximum absolute atomic E-state index is 12.4. The van der Waals surface area contributed by atoms with Crippen LogP contribution in [-0.4, -0.2) is 52.5 Å². The van der Waals surface area contributed by atoms with E-state index >= 15 is 0 Å². The number of rotatable bonds is 5. The molecule has 0 unspecified atom stereocenters. The molecule has 2 heterocycles. The number of aromatic nitrogens is 2. The first-order valence-electron chi connectivity index (χ1n) is 7.05. The van der Waals surface area contributed by atoms with E-state index in [1.165, 1.54) is 4.40 Å². The molecule has 0 bridgehead atoms. The van der Waals surface area contributed by atoms with Crippen molar-refractivity contribution in [1.29, 1.82) is 0 Å². The summed E-state index contributed by atoms with van der Waals surface area (Å²) in [5.41, 5.74) is 0.265. The van der Waals surface area contributed by atoms with Crippen LogP contribution in [-0.2, 0) is 0 Å². The van der Waals surface area contributed by atoms with E-state index in [0.29, 0.717) is 12.2 Å². The van der Waals surface area contributed by atoms with Gasteiger partial charge in [0.25, 0.3) is 11.5 Å². The van der Waals surface area contributed by atoms with Crippen LogP contribution >= 0.6 is 0 Å². The van der Waals surface area contributed by atoms with Gasteiger partial charge in [0.05, 0.1) is 0 Å². The second-order valence-electron chi connectivity index (χ2n) is 5.46. The molecule has 0 aliphatic heterocycles. The molecule has 0 aliphatic rings. The number of fused-ring (bicyclic) bond motifs is 1. The smallest absolute Gasteiger partial charge is 0.274 e. The van der Waals surface area contributed by atoms with Gasteiger partial charge in [0.2, 0.25) is 5.88 Å². The second-order valence-corrected chi connectivity index (χ2v) is 5.46. The molecule has 0 aliphatic carbocycles. The Morgan fingerprint density at radius 1 is 1.41 bits per heavy atom. The Balaban J connectivity index is 2.27. The molecule has 0 saturated carbocycles. The standard InChI is InChI=1S/C15H20N4O3/c1-10-5-6-11-17-14(21)12(15(22)19(11)9-10)13(20)16-7-4-8-18(2)3/h5-6,9,21H,4,7-8H2,1-3H3,(H,16,20). The van der Waals surface area contributed by atoms with Crippen molar-refractivity contribution in [2.45, 2.75) is 13.3 Å². The lowest BCUT2D eigenvalue weighted by atomic mass is 10.2. The Bertz CT molecular complexity index is 752. The van der Waals surface area contributed by atoms with E-state index < -0.39 is 17.3 Å². The number of carbonyl (C=O) groups excluding carboxylic acids is 1. The van der Waals surface area contributed by atoms with Crippen LogP contribution in [0.3, 0.4) is 0 Å². The number of aromatic hydroxyl groups is 1. The molecule has 1 amide bonds. The van der Waals surface area contributed by atoms with Crippen LogP contribution in [0.4, 0.5) is 0 Å². The topological polar surface area (TPSA) is 86.9 Å². The van der Waals surface area contributed by atoms with Gasteiger partial charge in [-0.3, -0.25) is 14.0 Å². The van der Waals surface area contributed by atoms with Gasteiger partial charge in [0, 0.05) is 12.7 Å². The zero-order valence-electron chi connectivity index (χ0n) is 13.0. The molecule has 118 valence electrons. The first-order chi connectivity index (χ1) is 10.4. The van der Waals surface area contributed by atoms with Gasteiger partial charge in [-0.25, -0.2) is 0 Å². The third-order valence-electron chi connectivity index (χ3n) is 3.25. The molecule has 0 saturated heterocycles. The van der Waals surface area contributed by atoms with Crippen molar-refractivity contribution in [2.24, 2.45) is 0 Å². The van der Waals surface area contributed by atoms with Crippen LogP contribution < -0.4 is 10.9 Å². The highest BCUT2D eigenvalue weighted by Gasteiger charge is 2.19. The van der Waals surface area contributed by atoms with Gasteiger partial charge in [0.15, 0.2) is 5.56 Å². The molecule has 7 nitrogen and oxygen atoms in total.